The molecule has 0 saturated heterocycles. The lowest BCUT2D eigenvalue weighted by Crippen LogP contribution is -2.37. The van der Waals surface area contributed by atoms with Gasteiger partial charge in [-0.1, -0.05) is 62.4 Å². The Labute approximate surface area is 131 Å². The van der Waals surface area contributed by atoms with E-state index in [1.54, 1.807) is 12.1 Å². The van der Waals surface area contributed by atoms with Gasteiger partial charge in [0.1, 0.15) is 0 Å². The fourth-order valence-corrected chi connectivity index (χ4v) is 5.46. The summed E-state index contributed by atoms with van der Waals surface area (Å²) in [6, 6.07) is 16.7. The minimum Gasteiger partial charge on any atom is -0.392 e. The molecule has 1 aliphatic heterocycles. The number of rotatable bonds is 1. The van der Waals surface area contributed by atoms with Gasteiger partial charge in [0.15, 0.2) is 9.84 Å². The molecule has 2 aromatic carbocycles. The third-order valence-electron chi connectivity index (χ3n) is 4.43. The van der Waals surface area contributed by atoms with Gasteiger partial charge < -0.3 is 5.11 Å². The Morgan fingerprint density at radius 1 is 1.00 bits per heavy atom. The first kappa shape index (κ1) is 15.3. The first-order chi connectivity index (χ1) is 10.3. The highest BCUT2D eigenvalue weighted by molar-refractivity contribution is 7.91. The molecule has 0 radical (unpaired) electrons. The summed E-state index contributed by atoms with van der Waals surface area (Å²) in [4.78, 5) is 0.341. The van der Waals surface area contributed by atoms with Crippen LogP contribution in [0.2, 0.25) is 0 Å². The molecule has 1 heterocycles. The van der Waals surface area contributed by atoms with Gasteiger partial charge >= 0.3 is 0 Å². The fraction of sp³-hybridized carbons (Fsp3) is 0.333. The number of aliphatic hydroxyl groups excluding tert-OH is 1. The average molecular weight is 316 g/mol. The number of aliphatic hydroxyl groups is 1. The van der Waals surface area contributed by atoms with E-state index >= 15 is 0 Å². The fourth-order valence-electron chi connectivity index (χ4n) is 3.32. The Balaban J connectivity index is 2.30. The molecule has 3 rings (SSSR count). The molecule has 22 heavy (non-hydrogen) atoms. The van der Waals surface area contributed by atoms with Crippen molar-refractivity contribution in [3.05, 3.63) is 65.7 Å². The van der Waals surface area contributed by atoms with E-state index in [0.717, 1.165) is 5.56 Å². The van der Waals surface area contributed by atoms with Crippen LogP contribution in [0.15, 0.2) is 59.5 Å². The van der Waals surface area contributed by atoms with Crippen LogP contribution in [0.25, 0.3) is 0 Å². The molecule has 2 aromatic rings. The smallest absolute Gasteiger partial charge is 0.179 e. The Bertz CT molecular complexity index is 779. The second-order valence-electron chi connectivity index (χ2n) is 6.62. The van der Waals surface area contributed by atoms with Crippen molar-refractivity contribution in [1.82, 2.24) is 0 Å². The maximum Gasteiger partial charge on any atom is 0.179 e. The Kier molecular flexibility index (Phi) is 3.62. The number of fused-ring (bicyclic) bond motifs is 1. The largest absolute Gasteiger partial charge is 0.392 e. The molecular weight excluding hydrogens is 296 g/mol. The quantitative estimate of drug-likeness (QED) is 0.880. The van der Waals surface area contributed by atoms with Crippen molar-refractivity contribution in [1.29, 1.82) is 0 Å². The van der Waals surface area contributed by atoms with Gasteiger partial charge in [-0.15, -0.1) is 0 Å². The first-order valence-corrected chi connectivity index (χ1v) is 9.03. The number of sulfone groups is 1. The summed E-state index contributed by atoms with van der Waals surface area (Å²) in [5, 5.41) is 10.9. The normalized spacial score (nSPS) is 26.0. The number of hydrogen-bond donors (Lipinski definition) is 1. The van der Waals surface area contributed by atoms with Crippen LogP contribution in [0.4, 0.5) is 0 Å². The van der Waals surface area contributed by atoms with Crippen molar-refractivity contribution in [2.24, 2.45) is 5.41 Å². The first-order valence-electron chi connectivity index (χ1n) is 7.38. The van der Waals surface area contributed by atoms with Crippen LogP contribution in [0.3, 0.4) is 0 Å². The zero-order valence-corrected chi connectivity index (χ0v) is 13.5. The second-order valence-corrected chi connectivity index (χ2v) is 8.58. The van der Waals surface area contributed by atoms with Crippen LogP contribution in [-0.4, -0.2) is 25.4 Å². The third-order valence-corrected chi connectivity index (χ3v) is 6.59. The molecule has 3 nitrogen and oxygen atoms in total. The number of hydrogen-bond acceptors (Lipinski definition) is 3. The molecule has 116 valence electrons. The molecule has 1 aliphatic rings. The maximum atomic E-state index is 12.7. The predicted octanol–water partition coefficient (Wildman–Crippen LogP) is 2.99. The molecule has 0 aromatic heterocycles. The van der Waals surface area contributed by atoms with Crippen LogP contribution in [0, 0.1) is 5.41 Å². The summed E-state index contributed by atoms with van der Waals surface area (Å²) in [5.74, 6) is -0.397. The van der Waals surface area contributed by atoms with E-state index in [4.69, 9.17) is 0 Å². The van der Waals surface area contributed by atoms with Crippen LogP contribution in [0.5, 0.6) is 0 Å². The zero-order valence-electron chi connectivity index (χ0n) is 12.7. The van der Waals surface area contributed by atoms with Gasteiger partial charge in [0.2, 0.25) is 0 Å². The second kappa shape index (κ2) is 5.21. The molecule has 4 heteroatoms. The molecule has 0 amide bonds. The lowest BCUT2D eigenvalue weighted by Gasteiger charge is -2.33. The van der Waals surface area contributed by atoms with E-state index in [0.29, 0.717) is 10.5 Å². The highest BCUT2D eigenvalue weighted by Crippen LogP contribution is 2.44. The topological polar surface area (TPSA) is 54.4 Å². The van der Waals surface area contributed by atoms with Crippen molar-refractivity contribution < 1.29 is 13.5 Å². The summed E-state index contributed by atoms with van der Waals surface area (Å²) in [6.07, 6.45) is -0.770. The molecule has 0 saturated carbocycles. The predicted molar refractivity (Wildman–Crippen MR) is 86.6 cm³/mol. The monoisotopic (exact) mass is 316 g/mol. The lowest BCUT2D eigenvalue weighted by molar-refractivity contribution is 0.0521. The van der Waals surface area contributed by atoms with Crippen molar-refractivity contribution in [2.45, 2.75) is 30.8 Å². The van der Waals surface area contributed by atoms with E-state index < -0.39 is 21.4 Å². The molecule has 0 bridgehead atoms. The Morgan fingerprint density at radius 3 is 2.27 bits per heavy atom. The van der Waals surface area contributed by atoms with Crippen LogP contribution >= 0.6 is 0 Å². The van der Waals surface area contributed by atoms with Crippen LogP contribution in [0.1, 0.15) is 30.9 Å². The number of benzene rings is 2. The molecular formula is C18H20O3S. The van der Waals surface area contributed by atoms with Gasteiger partial charge in [-0.2, -0.15) is 0 Å². The van der Waals surface area contributed by atoms with Crippen molar-refractivity contribution in [2.75, 3.05) is 5.75 Å². The van der Waals surface area contributed by atoms with Gasteiger partial charge in [0.05, 0.1) is 16.8 Å². The minimum absolute atomic E-state index is 0.0541. The van der Waals surface area contributed by atoms with E-state index in [9.17, 15) is 13.5 Å². The van der Waals surface area contributed by atoms with Crippen LogP contribution in [-0.2, 0) is 9.84 Å². The minimum atomic E-state index is -3.42. The molecule has 0 spiro atoms. The van der Waals surface area contributed by atoms with E-state index in [1.807, 2.05) is 56.3 Å². The third kappa shape index (κ3) is 2.46. The highest BCUT2D eigenvalue weighted by atomic mass is 32.2. The van der Waals surface area contributed by atoms with E-state index in [-0.39, 0.29) is 11.7 Å². The van der Waals surface area contributed by atoms with Gasteiger partial charge in [-0.05, 0) is 17.2 Å². The summed E-state index contributed by atoms with van der Waals surface area (Å²) < 4.78 is 25.4. The van der Waals surface area contributed by atoms with Crippen LogP contribution < -0.4 is 0 Å². The van der Waals surface area contributed by atoms with E-state index in [1.165, 1.54) is 0 Å². The molecule has 1 N–H and O–H groups in total. The standard InChI is InChI=1S/C18H20O3S/c1-18(2)12-22(20,21)15-11-7-6-10-14(15)16(17(18)19)13-8-4-3-5-9-13/h3-11,16-17,19H,12H2,1-2H3/t16?,17-/m1/s1. The summed E-state index contributed by atoms with van der Waals surface area (Å²) in [7, 11) is -3.42. The maximum absolute atomic E-state index is 12.7. The van der Waals surface area contributed by atoms with Gasteiger partial charge in [0.25, 0.3) is 0 Å². The average Bonchev–Trinajstić information content (AvgIpc) is 2.53. The SMILES string of the molecule is CC1(C)CS(=O)(=O)c2ccccc2C(c2ccccc2)[C@H]1O. The van der Waals surface area contributed by atoms with Crippen molar-refractivity contribution >= 4 is 9.84 Å². The lowest BCUT2D eigenvalue weighted by atomic mass is 9.75. The highest BCUT2D eigenvalue weighted by Gasteiger charge is 2.44. The zero-order chi connectivity index (χ0) is 16.0. The Hall–Kier alpha value is -1.65. The van der Waals surface area contributed by atoms with Crippen molar-refractivity contribution in [3.8, 4) is 0 Å². The summed E-state index contributed by atoms with van der Waals surface area (Å²) in [5.41, 5.74) is 0.901. The summed E-state index contributed by atoms with van der Waals surface area (Å²) >= 11 is 0. The van der Waals surface area contributed by atoms with Gasteiger partial charge in [-0.3, -0.25) is 0 Å². The van der Waals surface area contributed by atoms with Gasteiger partial charge in [0, 0.05) is 11.3 Å². The molecule has 1 unspecified atom stereocenters. The van der Waals surface area contributed by atoms with E-state index in [2.05, 4.69) is 0 Å². The Morgan fingerprint density at radius 2 is 1.59 bits per heavy atom. The molecule has 0 aliphatic carbocycles. The van der Waals surface area contributed by atoms with Gasteiger partial charge in [-0.25, -0.2) is 8.42 Å². The molecule has 0 fully saturated rings. The molecule has 2 atom stereocenters. The van der Waals surface area contributed by atoms with Crippen molar-refractivity contribution in [3.63, 3.8) is 0 Å². The summed E-state index contributed by atoms with van der Waals surface area (Å²) in [6.45, 7) is 3.63.